The minimum absolute atomic E-state index is 0.0286. The second-order valence-corrected chi connectivity index (χ2v) is 7.65. The molecule has 0 radical (unpaired) electrons. The van der Waals surface area contributed by atoms with Crippen LogP contribution in [0.15, 0.2) is 20.9 Å². The number of aryl methyl sites for hydroxylation is 2. The highest BCUT2D eigenvalue weighted by molar-refractivity contribution is 7.89. The van der Waals surface area contributed by atoms with Gasteiger partial charge in [0.25, 0.3) is 5.91 Å². The lowest BCUT2D eigenvalue weighted by Gasteiger charge is -2.07. The summed E-state index contributed by atoms with van der Waals surface area (Å²) in [5, 5.41) is 4.71. The Balaban J connectivity index is 1.98. The molecule has 1 fully saturated rings. The zero-order valence-corrected chi connectivity index (χ0v) is 13.7. The van der Waals surface area contributed by atoms with Crippen molar-refractivity contribution in [1.29, 1.82) is 0 Å². The predicted octanol–water partition coefficient (Wildman–Crippen LogP) is 2.05. The van der Waals surface area contributed by atoms with Crippen LogP contribution in [0.4, 0.5) is 5.13 Å². The predicted molar refractivity (Wildman–Crippen MR) is 81.6 cm³/mol. The largest absolute Gasteiger partial charge is 0.464 e. The maximum Gasteiger partial charge on any atom is 0.262 e. The number of hydrogen-bond acceptors (Lipinski definition) is 6. The fourth-order valence-electron chi connectivity index (χ4n) is 2.17. The molecule has 118 valence electrons. The lowest BCUT2D eigenvalue weighted by atomic mass is 10.2. The van der Waals surface area contributed by atoms with E-state index in [0.717, 1.165) is 12.8 Å². The first-order chi connectivity index (χ1) is 10.4. The first-order valence-electron chi connectivity index (χ1n) is 6.71. The third-order valence-electron chi connectivity index (χ3n) is 3.25. The zero-order chi connectivity index (χ0) is 15.9. The van der Waals surface area contributed by atoms with Gasteiger partial charge in [0.15, 0.2) is 5.13 Å². The normalized spacial score (nSPS) is 15.0. The number of carbonyl (C=O) groups excluding carboxylic acids is 1. The van der Waals surface area contributed by atoms with E-state index in [1.54, 1.807) is 18.5 Å². The molecule has 9 heteroatoms. The molecular weight excluding hydrogens is 326 g/mol. The standard InChI is InChI=1S/C13H15N3O4S2/c1-7-10(12(17)15-13-14-5-6-21-13)11(8(2)20-7)22(18,19)16-9-3-4-9/h5-6,9,16H,3-4H2,1-2H3,(H,14,15,17). The highest BCUT2D eigenvalue weighted by Gasteiger charge is 2.35. The molecule has 0 saturated heterocycles. The molecule has 0 spiro atoms. The zero-order valence-electron chi connectivity index (χ0n) is 12.0. The molecule has 1 aliphatic carbocycles. The maximum atomic E-state index is 12.5. The SMILES string of the molecule is Cc1oc(C)c(S(=O)(=O)NC2CC2)c1C(=O)Nc1nccs1. The number of carbonyl (C=O) groups is 1. The van der Waals surface area contributed by atoms with Crippen LogP contribution in [0.1, 0.15) is 34.7 Å². The summed E-state index contributed by atoms with van der Waals surface area (Å²) in [6.07, 6.45) is 3.19. The Morgan fingerprint density at radius 3 is 2.68 bits per heavy atom. The van der Waals surface area contributed by atoms with Crippen LogP contribution >= 0.6 is 11.3 Å². The Morgan fingerprint density at radius 1 is 1.36 bits per heavy atom. The Hall–Kier alpha value is -1.71. The summed E-state index contributed by atoms with van der Waals surface area (Å²) < 4.78 is 32.9. The molecule has 0 aromatic carbocycles. The molecule has 1 aliphatic rings. The lowest BCUT2D eigenvalue weighted by molar-refractivity contribution is 0.102. The number of aromatic nitrogens is 1. The minimum Gasteiger partial charge on any atom is -0.464 e. The summed E-state index contributed by atoms with van der Waals surface area (Å²) in [6.45, 7) is 3.11. The van der Waals surface area contributed by atoms with Gasteiger partial charge in [-0.05, 0) is 26.7 Å². The molecule has 3 rings (SSSR count). The summed E-state index contributed by atoms with van der Waals surface area (Å²) in [7, 11) is -3.78. The molecule has 22 heavy (non-hydrogen) atoms. The topological polar surface area (TPSA) is 101 Å². The van der Waals surface area contributed by atoms with Gasteiger partial charge >= 0.3 is 0 Å². The number of rotatable bonds is 5. The molecule has 0 aliphatic heterocycles. The van der Waals surface area contributed by atoms with Crippen LogP contribution in [-0.2, 0) is 10.0 Å². The van der Waals surface area contributed by atoms with Gasteiger partial charge in [0, 0.05) is 17.6 Å². The average molecular weight is 341 g/mol. The second kappa shape index (κ2) is 5.49. The molecule has 0 atom stereocenters. The number of anilines is 1. The molecule has 2 aromatic rings. The van der Waals surface area contributed by atoms with Gasteiger partial charge in [-0.2, -0.15) is 0 Å². The van der Waals surface area contributed by atoms with Crippen molar-refractivity contribution in [1.82, 2.24) is 9.71 Å². The molecule has 7 nitrogen and oxygen atoms in total. The van der Waals surface area contributed by atoms with Crippen molar-refractivity contribution in [3.05, 3.63) is 28.7 Å². The van der Waals surface area contributed by atoms with Crippen molar-refractivity contribution in [3.8, 4) is 0 Å². The van der Waals surface area contributed by atoms with E-state index < -0.39 is 15.9 Å². The monoisotopic (exact) mass is 341 g/mol. The van der Waals surface area contributed by atoms with Crippen LogP contribution in [-0.4, -0.2) is 25.4 Å². The lowest BCUT2D eigenvalue weighted by Crippen LogP contribution is -2.28. The third kappa shape index (κ3) is 2.92. The van der Waals surface area contributed by atoms with Gasteiger partial charge in [-0.3, -0.25) is 10.1 Å². The number of nitrogens with zero attached hydrogens (tertiary/aromatic N) is 1. The van der Waals surface area contributed by atoms with Crippen LogP contribution in [0.3, 0.4) is 0 Å². The highest BCUT2D eigenvalue weighted by atomic mass is 32.2. The van der Waals surface area contributed by atoms with Gasteiger partial charge in [0.05, 0.1) is 0 Å². The maximum absolute atomic E-state index is 12.5. The van der Waals surface area contributed by atoms with E-state index in [1.807, 2.05) is 0 Å². The van der Waals surface area contributed by atoms with Gasteiger partial charge in [-0.15, -0.1) is 11.3 Å². The van der Waals surface area contributed by atoms with Gasteiger partial charge in [-0.25, -0.2) is 18.1 Å². The van der Waals surface area contributed by atoms with E-state index in [-0.39, 0.29) is 28.0 Å². The Kier molecular flexibility index (Phi) is 3.79. The van der Waals surface area contributed by atoms with E-state index in [4.69, 9.17) is 4.42 Å². The number of sulfonamides is 1. The first kappa shape index (κ1) is 15.2. The molecular formula is C13H15N3O4S2. The molecule has 1 saturated carbocycles. The summed E-state index contributed by atoms with van der Waals surface area (Å²) in [5.74, 6) is -0.0712. The number of nitrogens with one attached hydrogen (secondary N) is 2. The van der Waals surface area contributed by atoms with Gasteiger partial charge < -0.3 is 4.42 Å². The Bertz CT molecular complexity index is 805. The van der Waals surface area contributed by atoms with E-state index in [1.165, 1.54) is 18.3 Å². The quantitative estimate of drug-likeness (QED) is 0.866. The number of thiazole rings is 1. The summed E-state index contributed by atoms with van der Waals surface area (Å²) in [5.41, 5.74) is 0.0286. The van der Waals surface area contributed by atoms with E-state index >= 15 is 0 Å². The van der Waals surface area contributed by atoms with Crippen molar-refractivity contribution in [3.63, 3.8) is 0 Å². The van der Waals surface area contributed by atoms with Crippen molar-refractivity contribution in [2.45, 2.75) is 37.6 Å². The second-order valence-electron chi connectivity index (χ2n) is 5.11. The molecule has 0 bridgehead atoms. The fraction of sp³-hybridized carbons (Fsp3) is 0.385. The van der Waals surface area contributed by atoms with Gasteiger partial charge in [-0.1, -0.05) is 0 Å². The third-order valence-corrected chi connectivity index (χ3v) is 5.61. The van der Waals surface area contributed by atoms with E-state index in [2.05, 4.69) is 15.0 Å². The van der Waals surface area contributed by atoms with Crippen molar-refractivity contribution in [2.75, 3.05) is 5.32 Å². The Labute approximate surface area is 131 Å². The molecule has 2 heterocycles. The van der Waals surface area contributed by atoms with Crippen LogP contribution in [0.5, 0.6) is 0 Å². The highest BCUT2D eigenvalue weighted by Crippen LogP contribution is 2.30. The molecule has 1 amide bonds. The van der Waals surface area contributed by atoms with Crippen molar-refractivity contribution >= 4 is 32.4 Å². The van der Waals surface area contributed by atoms with E-state index in [9.17, 15) is 13.2 Å². The van der Waals surface area contributed by atoms with E-state index in [0.29, 0.717) is 5.13 Å². The summed E-state index contributed by atoms with van der Waals surface area (Å²) >= 11 is 1.25. The first-order valence-corrected chi connectivity index (χ1v) is 9.08. The summed E-state index contributed by atoms with van der Waals surface area (Å²) in [4.78, 5) is 16.3. The fourth-order valence-corrected chi connectivity index (χ4v) is 4.42. The molecule has 2 N–H and O–H groups in total. The number of hydrogen-bond donors (Lipinski definition) is 2. The Morgan fingerprint density at radius 2 is 2.09 bits per heavy atom. The summed E-state index contributed by atoms with van der Waals surface area (Å²) in [6, 6.07) is -0.0468. The van der Waals surface area contributed by atoms with Crippen LogP contribution < -0.4 is 10.0 Å². The van der Waals surface area contributed by atoms with Gasteiger partial charge in [0.1, 0.15) is 22.0 Å². The van der Waals surface area contributed by atoms with Crippen LogP contribution in [0, 0.1) is 13.8 Å². The number of furan rings is 1. The number of amides is 1. The van der Waals surface area contributed by atoms with Gasteiger partial charge in [0.2, 0.25) is 10.0 Å². The van der Waals surface area contributed by atoms with Crippen LogP contribution in [0.25, 0.3) is 0 Å². The van der Waals surface area contributed by atoms with Crippen LogP contribution in [0.2, 0.25) is 0 Å². The van der Waals surface area contributed by atoms with Crippen molar-refractivity contribution in [2.24, 2.45) is 0 Å². The minimum atomic E-state index is -3.78. The molecule has 0 unspecified atom stereocenters. The average Bonchev–Trinajstić information content (AvgIpc) is 2.95. The van der Waals surface area contributed by atoms with Crippen molar-refractivity contribution < 1.29 is 17.6 Å². The smallest absolute Gasteiger partial charge is 0.262 e. The molecule has 2 aromatic heterocycles.